The predicted octanol–water partition coefficient (Wildman–Crippen LogP) is 7.51. The highest BCUT2D eigenvalue weighted by atomic mass is 31.0. The summed E-state index contributed by atoms with van der Waals surface area (Å²) in [6.07, 6.45) is 1.35. The SMILES string of the molecule is CC.CC1Nc2c(cc(C(F)(F)P)c3c2OCCn2cc(C(=O)c4cc(F)c(F)c(F)c4)c4cccc-3c42)N1C. The number of nitrogens with one attached hydrogen (secondary N) is 1. The van der Waals surface area contributed by atoms with Crippen LogP contribution in [0.1, 0.15) is 42.3 Å². The van der Waals surface area contributed by atoms with Crippen LogP contribution in [0.3, 0.4) is 0 Å². The van der Waals surface area contributed by atoms with E-state index in [1.54, 1.807) is 39.1 Å². The van der Waals surface area contributed by atoms with Crippen LogP contribution in [0.4, 0.5) is 33.3 Å². The fourth-order valence-electron chi connectivity index (χ4n) is 5.26. The molecule has 0 bridgehead atoms. The summed E-state index contributed by atoms with van der Waals surface area (Å²) in [6, 6.07) is 7.65. The number of rotatable bonds is 3. The van der Waals surface area contributed by atoms with E-state index in [2.05, 4.69) is 5.32 Å². The number of para-hydroxylation sites is 1. The van der Waals surface area contributed by atoms with Crippen molar-refractivity contribution >= 4 is 37.3 Å². The fourth-order valence-corrected chi connectivity index (χ4v) is 5.49. The lowest BCUT2D eigenvalue weighted by molar-refractivity contribution is 0.103. The highest BCUT2D eigenvalue weighted by Gasteiger charge is 2.38. The number of hydrogen-bond donors (Lipinski definition) is 1. The van der Waals surface area contributed by atoms with E-state index in [-0.39, 0.29) is 47.3 Å². The third-order valence-electron chi connectivity index (χ3n) is 7.17. The second kappa shape index (κ2) is 10.1. The number of carbonyl (C=O) groups is 1. The molecule has 0 saturated heterocycles. The zero-order valence-electron chi connectivity index (χ0n) is 22.2. The van der Waals surface area contributed by atoms with Crippen LogP contribution in [-0.4, -0.2) is 30.2 Å². The Labute approximate surface area is 230 Å². The van der Waals surface area contributed by atoms with Gasteiger partial charge < -0.3 is 19.5 Å². The average molecular weight is 576 g/mol. The largest absolute Gasteiger partial charge is 0.489 e. The average Bonchev–Trinajstić information content (AvgIpc) is 3.42. The molecule has 1 N–H and O–H groups in total. The Balaban J connectivity index is 0.00000158. The molecule has 0 fully saturated rings. The lowest BCUT2D eigenvalue weighted by Crippen LogP contribution is -2.28. The van der Waals surface area contributed by atoms with Crippen molar-refractivity contribution in [2.24, 2.45) is 0 Å². The first-order valence-corrected chi connectivity index (χ1v) is 13.4. The quantitative estimate of drug-likeness (QED) is 0.119. The number of halogens is 5. The number of carbonyl (C=O) groups excluding carboxylic acids is 1. The number of benzene rings is 3. The zero-order chi connectivity index (χ0) is 29.1. The molecule has 4 aromatic rings. The van der Waals surface area contributed by atoms with Crippen molar-refractivity contribution in [3.05, 3.63) is 76.7 Å². The van der Waals surface area contributed by atoms with Crippen molar-refractivity contribution in [2.75, 3.05) is 23.9 Å². The molecule has 11 heteroatoms. The number of anilines is 2. The van der Waals surface area contributed by atoms with Gasteiger partial charge in [-0.25, -0.2) is 13.2 Å². The Morgan fingerprint density at radius 2 is 1.80 bits per heavy atom. The van der Waals surface area contributed by atoms with Gasteiger partial charge in [0.25, 0.3) is 5.66 Å². The lowest BCUT2D eigenvalue weighted by atomic mass is 9.93. The van der Waals surface area contributed by atoms with Gasteiger partial charge in [0.05, 0.1) is 23.9 Å². The summed E-state index contributed by atoms with van der Waals surface area (Å²) in [4.78, 5) is 15.2. The number of hydrogen-bond acceptors (Lipinski definition) is 4. The van der Waals surface area contributed by atoms with Crippen molar-refractivity contribution in [1.29, 1.82) is 0 Å². The second-order valence-corrected chi connectivity index (χ2v) is 10.2. The van der Waals surface area contributed by atoms with E-state index in [1.165, 1.54) is 12.3 Å². The summed E-state index contributed by atoms with van der Waals surface area (Å²) in [5, 5.41) is 3.71. The van der Waals surface area contributed by atoms with Crippen LogP contribution in [0.15, 0.2) is 42.6 Å². The van der Waals surface area contributed by atoms with E-state index in [1.807, 2.05) is 25.7 Å². The van der Waals surface area contributed by atoms with Crippen molar-refractivity contribution in [1.82, 2.24) is 4.57 Å². The predicted molar refractivity (Wildman–Crippen MR) is 149 cm³/mol. The molecule has 210 valence electrons. The van der Waals surface area contributed by atoms with Crippen LogP contribution < -0.4 is 15.0 Å². The van der Waals surface area contributed by atoms with Crippen molar-refractivity contribution in [3.63, 3.8) is 0 Å². The summed E-state index contributed by atoms with van der Waals surface area (Å²) in [6.45, 7) is 6.28. The smallest absolute Gasteiger partial charge is 0.284 e. The number of fused-ring (bicyclic) bond motifs is 4. The standard InChI is InChI=1S/C27H21F5N3O2P.C2H6/c1-12-33-23-20(34(12)2)10-17(27(31,32)38)21-15-5-3-4-14-16(11-35(24(14)15)6-7-37-26(21)23)25(36)13-8-18(28)22(30)19(29)9-13;1-2/h3-5,8-12,33H,6-7,38H2,1-2H3;1-2H3. The molecule has 2 aliphatic heterocycles. The molecular weight excluding hydrogens is 548 g/mol. The molecule has 6 rings (SSSR count). The first-order chi connectivity index (χ1) is 19.0. The Kier molecular flexibility index (Phi) is 7.03. The summed E-state index contributed by atoms with van der Waals surface area (Å²) < 4.78 is 79.3. The van der Waals surface area contributed by atoms with Crippen LogP contribution in [0.25, 0.3) is 22.0 Å². The molecule has 2 unspecified atom stereocenters. The molecular formula is C29H27F5N3O2P. The van der Waals surface area contributed by atoms with E-state index in [9.17, 15) is 18.0 Å². The third kappa shape index (κ3) is 4.29. The summed E-state index contributed by atoms with van der Waals surface area (Å²) in [5.74, 6) is -5.08. The minimum absolute atomic E-state index is 0.0996. The molecule has 40 heavy (non-hydrogen) atoms. The highest BCUT2D eigenvalue weighted by Crippen LogP contribution is 2.55. The molecule has 0 amide bonds. The molecule has 3 aromatic carbocycles. The Hall–Kier alpha value is -3.65. The topological polar surface area (TPSA) is 46.5 Å². The Morgan fingerprint density at radius 1 is 1.12 bits per heavy atom. The van der Waals surface area contributed by atoms with Gasteiger partial charge in [0, 0.05) is 46.4 Å². The zero-order valence-corrected chi connectivity index (χ0v) is 23.4. The second-order valence-electron chi connectivity index (χ2n) is 9.45. The molecule has 0 saturated carbocycles. The normalized spacial score (nSPS) is 15.8. The van der Waals surface area contributed by atoms with Crippen LogP contribution in [0.5, 0.6) is 5.75 Å². The summed E-state index contributed by atoms with van der Waals surface area (Å²) in [7, 11) is 3.38. The van der Waals surface area contributed by atoms with E-state index >= 15 is 8.78 Å². The molecule has 5 nitrogen and oxygen atoms in total. The molecule has 2 atom stereocenters. The minimum atomic E-state index is -3.31. The van der Waals surface area contributed by atoms with Gasteiger partial charge in [-0.1, -0.05) is 41.3 Å². The first-order valence-electron chi connectivity index (χ1n) is 12.8. The third-order valence-corrected chi connectivity index (χ3v) is 7.48. The molecule has 3 heterocycles. The summed E-state index contributed by atoms with van der Waals surface area (Å²) in [5.41, 5.74) is -1.58. The van der Waals surface area contributed by atoms with Gasteiger partial charge in [0.1, 0.15) is 12.3 Å². The van der Waals surface area contributed by atoms with Crippen LogP contribution in [0.2, 0.25) is 0 Å². The van der Waals surface area contributed by atoms with Crippen LogP contribution >= 0.6 is 9.24 Å². The van der Waals surface area contributed by atoms with Crippen LogP contribution in [-0.2, 0) is 12.2 Å². The van der Waals surface area contributed by atoms with E-state index < -0.39 is 28.9 Å². The summed E-state index contributed by atoms with van der Waals surface area (Å²) >= 11 is 0. The van der Waals surface area contributed by atoms with E-state index in [0.29, 0.717) is 40.0 Å². The number of nitrogens with zero attached hydrogens (tertiary/aromatic N) is 2. The molecule has 0 aliphatic carbocycles. The van der Waals surface area contributed by atoms with Gasteiger partial charge in [-0.2, -0.15) is 8.78 Å². The van der Waals surface area contributed by atoms with Crippen molar-refractivity contribution < 1.29 is 31.5 Å². The van der Waals surface area contributed by atoms with Gasteiger partial charge in [-0.15, -0.1) is 0 Å². The highest BCUT2D eigenvalue weighted by molar-refractivity contribution is 7.17. The van der Waals surface area contributed by atoms with Gasteiger partial charge in [-0.3, -0.25) is 4.79 Å². The van der Waals surface area contributed by atoms with Crippen LogP contribution in [0, 0.1) is 17.5 Å². The molecule has 1 aromatic heterocycles. The maximum absolute atomic E-state index is 15.1. The Morgan fingerprint density at radius 3 is 2.45 bits per heavy atom. The van der Waals surface area contributed by atoms with E-state index in [4.69, 9.17) is 4.74 Å². The monoisotopic (exact) mass is 575 g/mol. The van der Waals surface area contributed by atoms with Gasteiger partial charge >= 0.3 is 0 Å². The Bertz CT molecular complexity index is 1640. The molecule has 0 spiro atoms. The minimum Gasteiger partial charge on any atom is -0.489 e. The number of ketones is 1. The maximum Gasteiger partial charge on any atom is 0.284 e. The number of alkyl halides is 2. The van der Waals surface area contributed by atoms with E-state index in [0.717, 1.165) is 0 Å². The molecule has 0 radical (unpaired) electrons. The lowest BCUT2D eigenvalue weighted by Gasteiger charge is -2.26. The van der Waals surface area contributed by atoms with Gasteiger partial charge in [0.15, 0.2) is 29.0 Å². The van der Waals surface area contributed by atoms with Crippen molar-refractivity contribution in [3.8, 4) is 16.9 Å². The fraction of sp³-hybridized carbons (Fsp3) is 0.276. The molecule has 2 aliphatic rings. The first kappa shape index (κ1) is 27.9. The number of aromatic nitrogens is 1. The van der Waals surface area contributed by atoms with Gasteiger partial charge in [-0.05, 0) is 25.1 Å². The van der Waals surface area contributed by atoms with Crippen molar-refractivity contribution in [2.45, 2.75) is 39.1 Å². The van der Waals surface area contributed by atoms with Gasteiger partial charge in [0.2, 0.25) is 0 Å². The maximum atomic E-state index is 15.1. The number of ether oxygens (including phenoxy) is 1.